The first kappa shape index (κ1) is 17.1. The van der Waals surface area contributed by atoms with E-state index in [0.29, 0.717) is 0 Å². The van der Waals surface area contributed by atoms with Gasteiger partial charge in [0, 0.05) is 23.7 Å². The Labute approximate surface area is 138 Å². The van der Waals surface area contributed by atoms with E-state index in [0.717, 1.165) is 31.5 Å². The van der Waals surface area contributed by atoms with Crippen LogP contribution in [0.2, 0.25) is 0 Å². The van der Waals surface area contributed by atoms with Gasteiger partial charge in [-0.15, -0.1) is 0 Å². The molecule has 3 heteroatoms. The number of esters is 1. The van der Waals surface area contributed by atoms with Crippen LogP contribution in [0.3, 0.4) is 0 Å². The minimum absolute atomic E-state index is 0.0801. The number of methoxy groups -OCH3 is 1. The maximum Gasteiger partial charge on any atom is 0.332 e. The highest BCUT2D eigenvalue weighted by Gasteiger charge is 2.21. The second-order valence-corrected chi connectivity index (χ2v) is 6.18. The van der Waals surface area contributed by atoms with Gasteiger partial charge < -0.3 is 10.1 Å². The number of nitrogens with one attached hydrogen (secondary N) is 1. The molecule has 1 N–H and O–H groups in total. The monoisotopic (exact) mass is 311 g/mol. The molecule has 1 aliphatic rings. The maximum atomic E-state index is 11.6. The summed E-state index contributed by atoms with van der Waals surface area (Å²) in [4.78, 5) is 11.6. The normalized spacial score (nSPS) is 20.3. The number of ether oxygens (including phenoxy) is 1. The summed E-state index contributed by atoms with van der Waals surface area (Å²) in [5.74, 6) is -0.315. The predicted octanol–water partition coefficient (Wildman–Crippen LogP) is 3.79. The Balaban J connectivity index is 1.97. The van der Waals surface area contributed by atoms with Gasteiger partial charge in [0.25, 0.3) is 0 Å². The van der Waals surface area contributed by atoms with E-state index >= 15 is 0 Å². The van der Waals surface area contributed by atoms with E-state index in [1.54, 1.807) is 6.08 Å². The highest BCUT2D eigenvalue weighted by Crippen LogP contribution is 2.26. The molecule has 23 heavy (non-hydrogen) atoms. The predicted molar refractivity (Wildman–Crippen MR) is 93.9 cm³/mol. The lowest BCUT2D eigenvalue weighted by atomic mass is 9.83. The van der Waals surface area contributed by atoms with Gasteiger partial charge in [0.2, 0.25) is 0 Å². The number of aryl methyl sites for hydroxylation is 1. The van der Waals surface area contributed by atoms with Gasteiger partial charge in [-0.3, -0.25) is 0 Å². The molecule has 1 aromatic rings. The van der Waals surface area contributed by atoms with Gasteiger partial charge in [-0.1, -0.05) is 61.6 Å². The van der Waals surface area contributed by atoms with Gasteiger partial charge in [-0.2, -0.15) is 0 Å². The highest BCUT2D eigenvalue weighted by atomic mass is 16.5. The summed E-state index contributed by atoms with van der Waals surface area (Å²) < 4.78 is 4.77. The van der Waals surface area contributed by atoms with Crippen molar-refractivity contribution in [2.45, 2.75) is 26.2 Å². The Kier molecular flexibility index (Phi) is 6.21. The maximum absolute atomic E-state index is 11.6. The SMILES string of the molecule is COC(=O)/C=C(/CCc1ccccc1)NCC1(C)C=CC=CC1. The standard InChI is InChI=1S/C20H25NO2/c1-20(13-7-4-8-14-20)16-21-18(15-19(22)23-2)12-11-17-9-5-3-6-10-17/h3-10,13,15,21H,11-12,14,16H2,1-2H3/b18-15-. The van der Waals surface area contributed by atoms with E-state index in [4.69, 9.17) is 4.74 Å². The van der Waals surface area contributed by atoms with Crippen molar-refractivity contribution in [3.05, 3.63) is 72.0 Å². The number of rotatable bonds is 7. The fourth-order valence-electron chi connectivity index (χ4n) is 2.55. The minimum Gasteiger partial charge on any atom is -0.466 e. The van der Waals surface area contributed by atoms with Crippen LogP contribution < -0.4 is 5.32 Å². The van der Waals surface area contributed by atoms with E-state index in [1.165, 1.54) is 12.7 Å². The highest BCUT2D eigenvalue weighted by molar-refractivity contribution is 5.82. The van der Waals surface area contributed by atoms with Gasteiger partial charge in [0.1, 0.15) is 0 Å². The average Bonchev–Trinajstić information content (AvgIpc) is 2.58. The number of hydrogen-bond donors (Lipinski definition) is 1. The summed E-state index contributed by atoms with van der Waals surface area (Å²) in [6.45, 7) is 3.01. The van der Waals surface area contributed by atoms with E-state index in [-0.39, 0.29) is 11.4 Å². The lowest BCUT2D eigenvalue weighted by molar-refractivity contribution is -0.134. The van der Waals surface area contributed by atoms with Crippen LogP contribution in [0.15, 0.2) is 66.4 Å². The third-order valence-electron chi connectivity index (χ3n) is 4.07. The molecule has 1 aromatic carbocycles. The van der Waals surface area contributed by atoms with Crippen LogP contribution in [-0.4, -0.2) is 19.6 Å². The molecule has 3 nitrogen and oxygen atoms in total. The first-order chi connectivity index (χ1) is 11.1. The van der Waals surface area contributed by atoms with E-state index in [9.17, 15) is 4.79 Å². The number of hydrogen-bond acceptors (Lipinski definition) is 3. The summed E-state index contributed by atoms with van der Waals surface area (Å²) in [5.41, 5.74) is 2.26. The van der Waals surface area contributed by atoms with Gasteiger partial charge in [-0.05, 0) is 24.8 Å². The van der Waals surface area contributed by atoms with Crippen molar-refractivity contribution in [3.63, 3.8) is 0 Å². The van der Waals surface area contributed by atoms with Crippen LogP contribution in [0.25, 0.3) is 0 Å². The van der Waals surface area contributed by atoms with Crippen LogP contribution in [0, 0.1) is 5.41 Å². The Morgan fingerprint density at radius 3 is 2.74 bits per heavy atom. The summed E-state index contributed by atoms with van der Waals surface area (Å²) in [6.07, 6.45) is 12.8. The van der Waals surface area contributed by atoms with Gasteiger partial charge in [0.05, 0.1) is 7.11 Å². The molecule has 1 aliphatic carbocycles. The molecule has 0 aromatic heterocycles. The molecule has 0 aliphatic heterocycles. The number of benzene rings is 1. The largest absolute Gasteiger partial charge is 0.466 e. The van der Waals surface area contributed by atoms with Crippen LogP contribution in [0.5, 0.6) is 0 Å². The van der Waals surface area contributed by atoms with E-state index < -0.39 is 0 Å². The molecule has 1 unspecified atom stereocenters. The molecule has 0 bridgehead atoms. The molecule has 1 atom stereocenters. The lowest BCUT2D eigenvalue weighted by Gasteiger charge is -2.28. The quantitative estimate of drug-likeness (QED) is 0.615. The van der Waals surface area contributed by atoms with Crippen molar-refractivity contribution in [1.82, 2.24) is 5.32 Å². The average molecular weight is 311 g/mol. The number of carbonyl (C=O) groups excluding carboxylic acids is 1. The van der Waals surface area contributed by atoms with Crippen LogP contribution in [0.4, 0.5) is 0 Å². The van der Waals surface area contributed by atoms with Crippen LogP contribution in [0.1, 0.15) is 25.3 Å². The fraction of sp³-hybridized carbons (Fsp3) is 0.350. The van der Waals surface area contributed by atoms with Crippen LogP contribution in [-0.2, 0) is 16.0 Å². The first-order valence-corrected chi connectivity index (χ1v) is 8.02. The van der Waals surface area contributed by atoms with Crippen molar-refractivity contribution in [3.8, 4) is 0 Å². The van der Waals surface area contributed by atoms with Crippen molar-refractivity contribution in [2.24, 2.45) is 5.41 Å². The third kappa shape index (κ3) is 5.78. The summed E-state index contributed by atoms with van der Waals surface area (Å²) in [6, 6.07) is 10.3. The second kappa shape index (κ2) is 8.37. The topological polar surface area (TPSA) is 38.3 Å². The van der Waals surface area contributed by atoms with Crippen molar-refractivity contribution < 1.29 is 9.53 Å². The molecule has 2 rings (SSSR count). The zero-order valence-electron chi connectivity index (χ0n) is 13.9. The molecule has 122 valence electrons. The Hall–Kier alpha value is -2.29. The second-order valence-electron chi connectivity index (χ2n) is 6.18. The molecular formula is C20H25NO2. The first-order valence-electron chi connectivity index (χ1n) is 8.02. The lowest BCUT2D eigenvalue weighted by Crippen LogP contribution is -2.30. The number of carbonyl (C=O) groups is 1. The minimum atomic E-state index is -0.315. The zero-order chi connectivity index (χ0) is 16.5. The van der Waals surface area contributed by atoms with Crippen molar-refractivity contribution >= 4 is 5.97 Å². The molecule has 0 saturated carbocycles. The smallest absolute Gasteiger partial charge is 0.332 e. The zero-order valence-corrected chi connectivity index (χ0v) is 13.9. The third-order valence-corrected chi connectivity index (χ3v) is 4.07. The molecule has 0 amide bonds. The molecule has 0 spiro atoms. The Morgan fingerprint density at radius 2 is 2.09 bits per heavy atom. The summed E-state index contributed by atoms with van der Waals surface area (Å²) in [7, 11) is 1.41. The Bertz CT molecular complexity index is 601. The van der Waals surface area contributed by atoms with E-state index in [1.807, 2.05) is 18.2 Å². The van der Waals surface area contributed by atoms with Crippen molar-refractivity contribution in [2.75, 3.05) is 13.7 Å². The molecule has 0 radical (unpaired) electrons. The van der Waals surface area contributed by atoms with Gasteiger partial charge in [0.15, 0.2) is 0 Å². The van der Waals surface area contributed by atoms with Crippen LogP contribution >= 0.6 is 0 Å². The van der Waals surface area contributed by atoms with Gasteiger partial charge >= 0.3 is 5.97 Å². The van der Waals surface area contributed by atoms with Crippen molar-refractivity contribution in [1.29, 1.82) is 0 Å². The molecule has 0 heterocycles. The molecular weight excluding hydrogens is 286 g/mol. The summed E-state index contributed by atoms with van der Waals surface area (Å²) in [5, 5.41) is 3.44. The fourth-order valence-corrected chi connectivity index (χ4v) is 2.55. The van der Waals surface area contributed by atoms with Gasteiger partial charge in [-0.25, -0.2) is 4.79 Å². The Morgan fingerprint density at radius 1 is 1.30 bits per heavy atom. The molecule has 0 fully saturated rings. The molecule has 0 saturated heterocycles. The summed E-state index contributed by atoms with van der Waals surface area (Å²) >= 11 is 0. The van der Waals surface area contributed by atoms with E-state index in [2.05, 4.69) is 48.7 Å². The number of allylic oxidation sites excluding steroid dienone is 4.